The Bertz CT molecular complexity index is 625. The molecule has 1 heterocycles. The fourth-order valence-electron chi connectivity index (χ4n) is 1.61. The average Bonchev–Trinajstić information content (AvgIpc) is 2.28. The van der Waals surface area contributed by atoms with E-state index in [1.807, 2.05) is 12.1 Å². The summed E-state index contributed by atoms with van der Waals surface area (Å²) in [6.45, 7) is 0.425. The fourth-order valence-corrected chi connectivity index (χ4v) is 1.79. The lowest BCUT2D eigenvalue weighted by atomic mass is 10.2. The van der Waals surface area contributed by atoms with Gasteiger partial charge < -0.3 is 4.57 Å². The van der Waals surface area contributed by atoms with Crippen LogP contribution in [0.4, 0.5) is 0 Å². The van der Waals surface area contributed by atoms with E-state index in [1.54, 1.807) is 29.0 Å². The molecule has 0 aliphatic heterocycles. The number of aryl methyl sites for hydroxylation is 1. The van der Waals surface area contributed by atoms with Gasteiger partial charge in [0, 0.05) is 23.2 Å². The van der Waals surface area contributed by atoms with Gasteiger partial charge in [0.15, 0.2) is 0 Å². The van der Waals surface area contributed by atoms with E-state index >= 15 is 0 Å². The standard InChI is InChI=1S/C12H9ClN2O/c13-10-2-3-11-9(8-10)4-7-15(12(11)16)6-1-5-14/h2-4,7-8H,1,6H2. The summed E-state index contributed by atoms with van der Waals surface area (Å²) < 4.78 is 1.54. The molecule has 0 fully saturated rings. The van der Waals surface area contributed by atoms with Crippen molar-refractivity contribution in [2.75, 3.05) is 0 Å². The first kappa shape index (κ1) is 10.7. The van der Waals surface area contributed by atoms with Crippen LogP contribution in [0, 0.1) is 11.3 Å². The van der Waals surface area contributed by atoms with Crippen molar-refractivity contribution in [1.82, 2.24) is 4.57 Å². The van der Waals surface area contributed by atoms with Gasteiger partial charge in [0.2, 0.25) is 0 Å². The van der Waals surface area contributed by atoms with Gasteiger partial charge in [0.05, 0.1) is 12.5 Å². The van der Waals surface area contributed by atoms with E-state index in [-0.39, 0.29) is 5.56 Å². The Balaban J connectivity index is 2.58. The number of pyridine rings is 1. The number of hydrogen-bond acceptors (Lipinski definition) is 2. The zero-order valence-corrected chi connectivity index (χ0v) is 9.24. The molecule has 0 N–H and O–H groups in total. The van der Waals surface area contributed by atoms with Crippen molar-refractivity contribution in [2.24, 2.45) is 0 Å². The van der Waals surface area contributed by atoms with Crippen LogP contribution in [0.15, 0.2) is 35.3 Å². The van der Waals surface area contributed by atoms with Crippen molar-refractivity contribution in [3.8, 4) is 6.07 Å². The molecule has 1 aromatic heterocycles. The molecule has 4 heteroatoms. The molecule has 0 bridgehead atoms. The third-order valence-electron chi connectivity index (χ3n) is 2.40. The first-order valence-corrected chi connectivity index (χ1v) is 5.26. The van der Waals surface area contributed by atoms with Crippen molar-refractivity contribution in [3.05, 3.63) is 45.8 Å². The lowest BCUT2D eigenvalue weighted by Gasteiger charge is -2.04. The molecule has 2 rings (SSSR count). The molecule has 3 nitrogen and oxygen atoms in total. The first-order chi connectivity index (χ1) is 7.72. The van der Waals surface area contributed by atoms with Crippen LogP contribution in [0.5, 0.6) is 0 Å². The Morgan fingerprint density at radius 1 is 1.38 bits per heavy atom. The lowest BCUT2D eigenvalue weighted by Crippen LogP contribution is -2.19. The van der Waals surface area contributed by atoms with E-state index < -0.39 is 0 Å². The normalized spacial score (nSPS) is 10.2. The van der Waals surface area contributed by atoms with E-state index in [0.29, 0.717) is 23.4 Å². The summed E-state index contributed by atoms with van der Waals surface area (Å²) in [7, 11) is 0. The van der Waals surface area contributed by atoms with Crippen LogP contribution in [0.1, 0.15) is 6.42 Å². The third kappa shape index (κ3) is 1.93. The van der Waals surface area contributed by atoms with E-state index in [2.05, 4.69) is 0 Å². The molecule has 0 saturated carbocycles. The highest BCUT2D eigenvalue weighted by Crippen LogP contribution is 2.16. The Kier molecular flexibility index (Phi) is 2.93. The third-order valence-corrected chi connectivity index (χ3v) is 2.64. The second-order valence-electron chi connectivity index (χ2n) is 3.45. The van der Waals surface area contributed by atoms with Gasteiger partial charge in [-0.15, -0.1) is 0 Å². The summed E-state index contributed by atoms with van der Waals surface area (Å²) in [5.74, 6) is 0. The number of rotatable bonds is 2. The molecule has 0 aliphatic carbocycles. The van der Waals surface area contributed by atoms with E-state index in [9.17, 15) is 4.79 Å². The zero-order valence-electron chi connectivity index (χ0n) is 8.48. The van der Waals surface area contributed by atoms with Crippen molar-refractivity contribution >= 4 is 22.4 Å². The molecule has 80 valence electrons. The number of benzene rings is 1. The highest BCUT2D eigenvalue weighted by atomic mass is 35.5. The van der Waals surface area contributed by atoms with Crippen molar-refractivity contribution in [1.29, 1.82) is 5.26 Å². The van der Waals surface area contributed by atoms with Crippen LogP contribution in [-0.4, -0.2) is 4.57 Å². The second kappa shape index (κ2) is 4.38. The molecular weight excluding hydrogens is 224 g/mol. The lowest BCUT2D eigenvalue weighted by molar-refractivity contribution is 0.692. The van der Waals surface area contributed by atoms with E-state index in [4.69, 9.17) is 16.9 Å². The maximum absolute atomic E-state index is 12.0. The van der Waals surface area contributed by atoms with Crippen LogP contribution < -0.4 is 5.56 Å². The minimum atomic E-state index is -0.0792. The van der Waals surface area contributed by atoms with Gasteiger partial charge in [-0.2, -0.15) is 5.26 Å². The van der Waals surface area contributed by atoms with Crippen molar-refractivity contribution in [3.63, 3.8) is 0 Å². The number of fused-ring (bicyclic) bond motifs is 1. The summed E-state index contributed by atoms with van der Waals surface area (Å²) in [5, 5.41) is 10.6. The van der Waals surface area contributed by atoms with Crippen LogP contribution in [-0.2, 0) is 6.54 Å². The smallest absolute Gasteiger partial charge is 0.258 e. The van der Waals surface area contributed by atoms with E-state index in [0.717, 1.165) is 5.39 Å². The maximum atomic E-state index is 12.0. The van der Waals surface area contributed by atoms with Gasteiger partial charge >= 0.3 is 0 Å². The fraction of sp³-hybridized carbons (Fsp3) is 0.167. The van der Waals surface area contributed by atoms with Crippen LogP contribution in [0.2, 0.25) is 5.02 Å². The molecule has 0 atom stereocenters. The molecule has 0 spiro atoms. The largest absolute Gasteiger partial charge is 0.314 e. The topological polar surface area (TPSA) is 45.8 Å². The highest BCUT2D eigenvalue weighted by molar-refractivity contribution is 6.31. The summed E-state index contributed by atoms with van der Waals surface area (Å²) in [5.41, 5.74) is -0.0792. The number of nitriles is 1. The van der Waals surface area contributed by atoms with Gasteiger partial charge in [-0.25, -0.2) is 0 Å². The average molecular weight is 233 g/mol. The number of halogens is 1. The monoisotopic (exact) mass is 232 g/mol. The molecule has 16 heavy (non-hydrogen) atoms. The molecule has 0 unspecified atom stereocenters. The minimum Gasteiger partial charge on any atom is -0.314 e. The van der Waals surface area contributed by atoms with Gasteiger partial charge in [-0.1, -0.05) is 11.6 Å². The van der Waals surface area contributed by atoms with Gasteiger partial charge in [0.1, 0.15) is 0 Å². The van der Waals surface area contributed by atoms with Crippen LogP contribution >= 0.6 is 11.6 Å². The van der Waals surface area contributed by atoms with Crippen molar-refractivity contribution < 1.29 is 0 Å². The van der Waals surface area contributed by atoms with Gasteiger partial charge in [-0.05, 0) is 29.7 Å². The summed E-state index contributed by atoms with van der Waals surface area (Å²) in [6, 6.07) is 9.02. The quantitative estimate of drug-likeness (QED) is 0.799. The van der Waals surface area contributed by atoms with Crippen molar-refractivity contribution in [2.45, 2.75) is 13.0 Å². The van der Waals surface area contributed by atoms with Gasteiger partial charge in [0.25, 0.3) is 5.56 Å². The minimum absolute atomic E-state index is 0.0792. The number of hydrogen-bond donors (Lipinski definition) is 0. The second-order valence-corrected chi connectivity index (χ2v) is 3.89. The Hall–Kier alpha value is -1.79. The molecule has 1 aromatic carbocycles. The summed E-state index contributed by atoms with van der Waals surface area (Å²) >= 11 is 5.84. The predicted molar refractivity (Wildman–Crippen MR) is 63.4 cm³/mol. The molecular formula is C12H9ClN2O. The molecule has 0 saturated heterocycles. The van der Waals surface area contributed by atoms with Crippen LogP contribution in [0.3, 0.4) is 0 Å². The van der Waals surface area contributed by atoms with E-state index in [1.165, 1.54) is 0 Å². The first-order valence-electron chi connectivity index (χ1n) is 4.88. The van der Waals surface area contributed by atoms with Gasteiger partial charge in [-0.3, -0.25) is 4.79 Å². The molecule has 2 aromatic rings. The molecule has 0 aliphatic rings. The summed E-state index contributed by atoms with van der Waals surface area (Å²) in [6.07, 6.45) is 2.03. The Labute approximate surface area is 97.5 Å². The Morgan fingerprint density at radius 2 is 2.19 bits per heavy atom. The summed E-state index contributed by atoms with van der Waals surface area (Å²) in [4.78, 5) is 12.0. The molecule has 0 amide bonds. The van der Waals surface area contributed by atoms with Crippen LogP contribution in [0.25, 0.3) is 10.8 Å². The number of nitrogens with zero attached hydrogens (tertiary/aromatic N) is 2. The highest BCUT2D eigenvalue weighted by Gasteiger charge is 2.02. The SMILES string of the molecule is N#CCCn1ccc2cc(Cl)ccc2c1=O. The molecule has 0 radical (unpaired) electrons. The maximum Gasteiger partial charge on any atom is 0.258 e. The predicted octanol–water partition coefficient (Wildman–Crippen LogP) is 2.57. The zero-order chi connectivity index (χ0) is 11.5. The Morgan fingerprint density at radius 3 is 2.94 bits per heavy atom. The number of aromatic nitrogens is 1.